The molecule has 354 valence electrons. The molecule has 0 atom stereocenters. The van der Waals surface area contributed by atoms with Crippen LogP contribution < -0.4 is 0 Å². The molecule has 0 aliphatic carbocycles. The van der Waals surface area contributed by atoms with E-state index >= 15 is 0 Å². The Bertz CT molecular complexity index is 4930. The number of hydrogen-bond acceptors (Lipinski definition) is 4. The van der Waals surface area contributed by atoms with Gasteiger partial charge in [0.25, 0.3) is 0 Å². The van der Waals surface area contributed by atoms with Crippen LogP contribution in [0.5, 0.6) is 0 Å². The van der Waals surface area contributed by atoms with Crippen LogP contribution in [0.15, 0.2) is 259 Å². The van der Waals surface area contributed by atoms with E-state index in [1.165, 1.54) is 32.7 Å². The van der Waals surface area contributed by atoms with E-state index in [0.717, 1.165) is 99.4 Å². The molecule has 7 heteroatoms. The van der Waals surface area contributed by atoms with Gasteiger partial charge in [-0.25, -0.2) is 4.98 Å². The minimum absolute atomic E-state index is 0.528. The molecule has 0 saturated heterocycles. The third kappa shape index (κ3) is 6.39. The van der Waals surface area contributed by atoms with E-state index < -0.39 is 0 Å². The molecular weight excluding hydrogens is 929 g/mol. The number of fused-ring (bicyclic) bond motifs is 13. The molecule has 0 radical (unpaired) electrons. The first-order chi connectivity index (χ1) is 37.7. The predicted molar refractivity (Wildman–Crippen MR) is 312 cm³/mol. The summed E-state index contributed by atoms with van der Waals surface area (Å²) in [5.41, 5.74) is 16.5. The van der Waals surface area contributed by atoms with Gasteiger partial charge in [-0.15, -0.1) is 0 Å². The molecule has 0 aliphatic heterocycles. The van der Waals surface area contributed by atoms with Gasteiger partial charge < -0.3 is 13.6 Å². The second-order valence-electron chi connectivity index (χ2n) is 19.5. The van der Waals surface area contributed by atoms with Crippen LogP contribution in [0.4, 0.5) is 0 Å². The second-order valence-corrected chi connectivity index (χ2v) is 19.5. The third-order valence-electron chi connectivity index (χ3n) is 15.3. The highest BCUT2D eigenvalue weighted by atomic mass is 16.3. The summed E-state index contributed by atoms with van der Waals surface area (Å²) in [6.45, 7) is 0. The fourth-order valence-electron chi connectivity index (χ4n) is 11.9. The summed E-state index contributed by atoms with van der Waals surface area (Å²) in [7, 11) is 0. The fourth-order valence-corrected chi connectivity index (χ4v) is 11.9. The van der Waals surface area contributed by atoms with Gasteiger partial charge in [-0.3, -0.25) is 4.57 Å². The van der Waals surface area contributed by atoms with E-state index in [1.54, 1.807) is 0 Å². The molecule has 0 fully saturated rings. The normalized spacial score (nSPS) is 11.9. The highest BCUT2D eigenvalue weighted by molar-refractivity contribution is 6.24. The quantitative estimate of drug-likeness (QED) is 0.160. The lowest BCUT2D eigenvalue weighted by Crippen LogP contribution is -2.06. The van der Waals surface area contributed by atoms with Crippen molar-refractivity contribution in [1.82, 2.24) is 28.7 Å². The molecule has 0 bridgehead atoms. The fraction of sp³-hybridized carbons (Fsp3) is 0. The van der Waals surface area contributed by atoms with E-state index in [1.807, 2.05) is 12.1 Å². The van der Waals surface area contributed by atoms with Gasteiger partial charge in [0, 0.05) is 65.6 Å². The Labute approximate surface area is 435 Å². The predicted octanol–water partition coefficient (Wildman–Crippen LogP) is 17.7. The van der Waals surface area contributed by atoms with Gasteiger partial charge in [-0.05, 0) is 89.0 Å². The Morgan fingerprint density at radius 3 is 1.36 bits per heavy atom. The maximum atomic E-state index is 6.67. The Morgan fingerprint density at radius 2 is 0.737 bits per heavy atom. The maximum Gasteiger partial charge on any atom is 0.238 e. The van der Waals surface area contributed by atoms with Crippen LogP contribution in [0.3, 0.4) is 0 Å². The summed E-state index contributed by atoms with van der Waals surface area (Å²) in [5.74, 6) is 1.62. The van der Waals surface area contributed by atoms with Crippen LogP contribution >= 0.6 is 0 Å². The molecule has 0 unspecified atom stereocenters. The molecule has 16 aromatic rings. The Morgan fingerprint density at radius 1 is 0.276 bits per heavy atom. The SMILES string of the molecule is c1ccc(-c2ccc(-n3c4ccccc4c4ccc5c6ccccc6n(-c6cccc(-c7nc(-c8ccc9c(c8)oc8cccc(-c%10ccccc%10)c89)nc(-n8c9ccccc9c9ccccc98)n7)c6)c5c43)cc2)cc1. The Hall–Kier alpha value is -10.4. The summed E-state index contributed by atoms with van der Waals surface area (Å²) >= 11 is 0. The van der Waals surface area contributed by atoms with Crippen LogP contribution in [-0.2, 0) is 0 Å². The molecule has 76 heavy (non-hydrogen) atoms. The molecule has 5 heterocycles. The van der Waals surface area contributed by atoms with Gasteiger partial charge in [0.05, 0.1) is 33.1 Å². The molecule has 0 spiro atoms. The standard InChI is InChI=1S/C69H42N6O/c1-3-17-43(18-4-1)44-33-36-48(37-34-44)73-58-28-11-9-25-53(58)55-39-40-56-54-26-10-12-29-59(54)74(66(56)65(55)73)49-22-15-21-46(41-49)67-70-68(72-69(71-67)75-60-30-13-7-23-51(60)52-24-8-14-31-61(52)75)47-35-38-57-63(42-47)76-62-32-16-27-50(64(57)62)45-19-5-2-6-20-45/h1-42H. The number of benzene rings is 11. The zero-order valence-electron chi connectivity index (χ0n) is 40.8. The zero-order chi connectivity index (χ0) is 49.8. The number of rotatable bonds is 7. The van der Waals surface area contributed by atoms with Crippen molar-refractivity contribution < 1.29 is 4.42 Å². The van der Waals surface area contributed by atoms with Crippen molar-refractivity contribution in [2.24, 2.45) is 0 Å². The number of aromatic nitrogens is 6. The second kappa shape index (κ2) is 16.6. The summed E-state index contributed by atoms with van der Waals surface area (Å²) in [4.78, 5) is 16.2. The monoisotopic (exact) mass is 970 g/mol. The van der Waals surface area contributed by atoms with E-state index in [9.17, 15) is 0 Å². The van der Waals surface area contributed by atoms with Gasteiger partial charge >= 0.3 is 0 Å². The van der Waals surface area contributed by atoms with Gasteiger partial charge in [0.15, 0.2) is 11.6 Å². The zero-order valence-corrected chi connectivity index (χ0v) is 40.8. The average molecular weight is 971 g/mol. The van der Waals surface area contributed by atoms with Crippen LogP contribution in [0, 0.1) is 0 Å². The van der Waals surface area contributed by atoms with Gasteiger partial charge in [0.2, 0.25) is 5.95 Å². The van der Waals surface area contributed by atoms with Crippen LogP contribution in [0.1, 0.15) is 0 Å². The van der Waals surface area contributed by atoms with Crippen molar-refractivity contribution in [3.8, 4) is 62.4 Å². The summed E-state index contributed by atoms with van der Waals surface area (Å²) in [5, 5.41) is 9.10. The highest BCUT2D eigenvalue weighted by Crippen LogP contribution is 2.43. The van der Waals surface area contributed by atoms with Crippen molar-refractivity contribution in [1.29, 1.82) is 0 Å². The van der Waals surface area contributed by atoms with Crippen LogP contribution in [0.25, 0.3) is 150 Å². The Balaban J connectivity index is 0.922. The van der Waals surface area contributed by atoms with E-state index in [-0.39, 0.29) is 0 Å². The van der Waals surface area contributed by atoms with Crippen molar-refractivity contribution in [3.63, 3.8) is 0 Å². The molecule has 11 aromatic carbocycles. The van der Waals surface area contributed by atoms with E-state index in [4.69, 9.17) is 19.4 Å². The highest BCUT2D eigenvalue weighted by Gasteiger charge is 2.24. The molecule has 0 aliphatic rings. The van der Waals surface area contributed by atoms with Crippen LogP contribution in [-0.4, -0.2) is 28.7 Å². The lowest BCUT2D eigenvalue weighted by atomic mass is 9.99. The number of para-hydroxylation sites is 4. The smallest absolute Gasteiger partial charge is 0.238 e. The molecule has 5 aromatic heterocycles. The molecule has 0 amide bonds. The van der Waals surface area contributed by atoms with Gasteiger partial charge in [-0.1, -0.05) is 188 Å². The minimum Gasteiger partial charge on any atom is -0.456 e. The molecule has 0 N–H and O–H groups in total. The number of furan rings is 1. The number of nitrogens with zero attached hydrogens (tertiary/aromatic N) is 6. The molecule has 16 rings (SSSR count). The third-order valence-corrected chi connectivity index (χ3v) is 15.3. The summed E-state index contributed by atoms with van der Waals surface area (Å²) < 4.78 is 13.7. The number of hydrogen-bond donors (Lipinski definition) is 0. The van der Waals surface area contributed by atoms with Gasteiger partial charge in [-0.2, -0.15) is 9.97 Å². The topological polar surface area (TPSA) is 66.6 Å². The van der Waals surface area contributed by atoms with E-state index in [0.29, 0.717) is 17.6 Å². The molecule has 0 saturated carbocycles. The minimum atomic E-state index is 0.528. The van der Waals surface area contributed by atoms with Gasteiger partial charge in [0.1, 0.15) is 11.2 Å². The largest absolute Gasteiger partial charge is 0.456 e. The van der Waals surface area contributed by atoms with Crippen LogP contribution in [0.2, 0.25) is 0 Å². The summed E-state index contributed by atoms with van der Waals surface area (Å²) in [6, 6.07) is 90.3. The van der Waals surface area contributed by atoms with Crippen molar-refractivity contribution in [2.75, 3.05) is 0 Å². The first-order valence-electron chi connectivity index (χ1n) is 25.7. The molecular formula is C69H42N6O. The first-order valence-corrected chi connectivity index (χ1v) is 25.7. The average Bonchev–Trinajstić information content (AvgIpc) is 4.27. The van der Waals surface area contributed by atoms with Crippen molar-refractivity contribution >= 4 is 87.4 Å². The van der Waals surface area contributed by atoms with Crippen molar-refractivity contribution in [3.05, 3.63) is 255 Å². The maximum absolute atomic E-state index is 6.67. The van der Waals surface area contributed by atoms with E-state index in [2.05, 4.69) is 256 Å². The molecule has 7 nitrogen and oxygen atoms in total. The summed E-state index contributed by atoms with van der Waals surface area (Å²) in [6.07, 6.45) is 0. The Kier molecular flexibility index (Phi) is 9.20. The first kappa shape index (κ1) is 42.2. The lowest BCUT2D eigenvalue weighted by Gasteiger charge is -2.14. The lowest BCUT2D eigenvalue weighted by molar-refractivity contribution is 0.669. The van der Waals surface area contributed by atoms with Crippen molar-refractivity contribution in [2.45, 2.75) is 0 Å².